The Kier molecular flexibility index (Phi) is 13.7. The number of carbonyl (C=O) groups excluding carboxylic acids is 2. The number of piperidine rings is 1. The molecule has 4 amide bonds. The molecule has 4 saturated heterocycles. The van der Waals surface area contributed by atoms with E-state index < -0.39 is 35.9 Å². The van der Waals surface area contributed by atoms with Gasteiger partial charge in [-0.05, 0) is 168 Å². The van der Waals surface area contributed by atoms with Crippen LogP contribution < -0.4 is 9.80 Å². The first kappa shape index (κ1) is 51.9. The molecule has 0 unspecified atom stereocenters. The second kappa shape index (κ2) is 20.9. The van der Waals surface area contributed by atoms with Crippen molar-refractivity contribution < 1.29 is 38.2 Å². The molecule has 8 aliphatic rings. The Labute approximate surface area is 460 Å². The van der Waals surface area contributed by atoms with Gasteiger partial charge in [0.2, 0.25) is 11.8 Å². The molecule has 5 aromatic rings. The molecule has 0 radical (unpaired) electrons. The molecular formula is C61H76F2N10O6. The fourth-order valence-corrected chi connectivity index (χ4v) is 16.9. The highest BCUT2D eigenvalue weighted by atomic mass is 19.1. The molecular weight excluding hydrogens is 1010 g/mol. The van der Waals surface area contributed by atoms with E-state index in [1.165, 1.54) is 36.0 Å². The van der Waals surface area contributed by atoms with Gasteiger partial charge in [-0.2, -0.15) is 0 Å². The van der Waals surface area contributed by atoms with Gasteiger partial charge in [0.1, 0.15) is 29.4 Å². The van der Waals surface area contributed by atoms with Gasteiger partial charge in [0.25, 0.3) is 0 Å². The van der Waals surface area contributed by atoms with Gasteiger partial charge in [-0.15, -0.1) is 0 Å². The number of aromatic nitrogens is 4. The SMILES string of the molecule is CN(C(=O)O)[C@H](C(=O)N1[C@H](c2nc3ccc([C@H]4CC[C@H](c5ccc6nc([C@@H]7C[C@@H]8CCC[C@@H]8N7C(=O)[C@H](C7CCCC7)N(C)C(=O)O)[nH]c6c5)N4c4cc(F)c(N5CCCCC5)c(F)c4)cc3[nH]2)C[C@@H]2CCC[C@@H]21)C1CCCC1. The number of anilines is 2. The standard InChI is InChI=1S/C61H76F2N10O6/c1-68(60(76)77)53(34-12-4-5-13-34)58(74)72-47-18-10-16-36(47)30-51(72)56-64-43-22-20-38(28-45(43)66-56)49-24-25-50(71(49)40-32-41(62)55(42(63)33-40)70-26-8-3-9-27-70)39-21-23-44-46(29-39)67-57(65-44)52-31-37-17-11-19-48(37)73(52)59(75)54(69(2)61(78)79)35-14-6-7-15-35/h20-23,28-29,32-37,47-54H,3-19,24-27,30-31H2,1-2H3,(H,64,66)(H,65,67)(H,76,77)(H,78,79)/t36-,37-,47-,48-,49+,50+,51-,52-,53-,54-/m0/s1. The summed E-state index contributed by atoms with van der Waals surface area (Å²) in [6.45, 7) is 1.20. The van der Waals surface area contributed by atoms with Crippen LogP contribution >= 0.6 is 0 Å². The summed E-state index contributed by atoms with van der Waals surface area (Å²) in [5.41, 5.74) is 5.47. The maximum Gasteiger partial charge on any atom is 0.407 e. The fourth-order valence-electron chi connectivity index (χ4n) is 16.9. The van der Waals surface area contributed by atoms with Crippen LogP contribution in [-0.4, -0.2) is 125 Å². The largest absolute Gasteiger partial charge is 0.465 e. The van der Waals surface area contributed by atoms with Crippen LogP contribution in [0.2, 0.25) is 0 Å². The van der Waals surface area contributed by atoms with E-state index in [4.69, 9.17) is 9.97 Å². The van der Waals surface area contributed by atoms with Crippen molar-refractivity contribution in [1.29, 1.82) is 0 Å². The lowest BCUT2D eigenvalue weighted by molar-refractivity contribution is -0.142. The number of hydrogen-bond donors (Lipinski definition) is 4. The number of carbonyl (C=O) groups is 4. The number of likely N-dealkylation sites (tertiary alicyclic amines) is 2. The van der Waals surface area contributed by atoms with Gasteiger partial charge in [-0.25, -0.2) is 28.3 Å². The molecule has 3 aromatic carbocycles. The molecule has 13 rings (SSSR count). The molecule has 420 valence electrons. The highest BCUT2D eigenvalue weighted by Crippen LogP contribution is 2.52. The van der Waals surface area contributed by atoms with Gasteiger partial charge in [0, 0.05) is 45.0 Å². The maximum atomic E-state index is 16.7. The topological polar surface area (TPSA) is 186 Å². The number of nitrogens with zero attached hydrogens (tertiary/aromatic N) is 8. The minimum Gasteiger partial charge on any atom is -0.465 e. The summed E-state index contributed by atoms with van der Waals surface area (Å²) in [6.07, 6.45) is 16.6. The summed E-state index contributed by atoms with van der Waals surface area (Å²) in [4.78, 5) is 82.9. The van der Waals surface area contributed by atoms with Gasteiger partial charge < -0.3 is 39.8 Å². The summed E-state index contributed by atoms with van der Waals surface area (Å²) in [5, 5.41) is 20.4. The average molecular weight is 1080 g/mol. The molecule has 4 saturated carbocycles. The van der Waals surface area contributed by atoms with Crippen LogP contribution in [0.4, 0.5) is 29.7 Å². The zero-order chi connectivity index (χ0) is 54.4. The second-order valence-corrected chi connectivity index (χ2v) is 24.9. The summed E-state index contributed by atoms with van der Waals surface area (Å²) < 4.78 is 33.3. The lowest BCUT2D eigenvalue weighted by Gasteiger charge is -2.37. The van der Waals surface area contributed by atoms with Crippen molar-refractivity contribution >= 4 is 57.4 Å². The highest BCUT2D eigenvalue weighted by Gasteiger charge is 2.53. The van der Waals surface area contributed by atoms with Crippen molar-refractivity contribution in [3.8, 4) is 0 Å². The minimum atomic E-state index is -1.09. The number of imidazole rings is 2. The number of likely N-dealkylation sites (N-methyl/N-ethyl adjacent to an activating group) is 2. The van der Waals surface area contributed by atoms with Crippen LogP contribution in [0, 0.1) is 35.3 Å². The first-order valence-electron chi connectivity index (χ1n) is 29.9. The Hall–Kier alpha value is -6.46. The molecule has 18 heteroatoms. The van der Waals surface area contributed by atoms with E-state index in [0.29, 0.717) is 55.1 Å². The van der Waals surface area contributed by atoms with Crippen LogP contribution in [-0.2, 0) is 9.59 Å². The van der Waals surface area contributed by atoms with Crippen molar-refractivity contribution in [1.82, 2.24) is 39.5 Å². The Bertz CT molecular complexity index is 2950. The molecule has 4 N–H and O–H groups in total. The first-order chi connectivity index (χ1) is 38.3. The average Bonchev–Trinajstić information content (AvgIpc) is 4.50. The molecule has 79 heavy (non-hydrogen) atoms. The van der Waals surface area contributed by atoms with E-state index in [-0.39, 0.29) is 65.6 Å². The number of hydrogen-bond acceptors (Lipinski definition) is 8. The zero-order valence-electron chi connectivity index (χ0n) is 45.7. The molecule has 4 aliphatic heterocycles. The van der Waals surface area contributed by atoms with E-state index >= 15 is 8.78 Å². The summed E-state index contributed by atoms with van der Waals surface area (Å²) in [7, 11) is 3.07. The molecule has 0 bridgehead atoms. The lowest BCUT2D eigenvalue weighted by Crippen LogP contribution is -2.54. The third-order valence-corrected chi connectivity index (χ3v) is 20.6. The Morgan fingerprint density at radius 1 is 0.557 bits per heavy atom. The van der Waals surface area contributed by atoms with Crippen LogP contribution in [0.1, 0.15) is 182 Å². The highest BCUT2D eigenvalue weighted by molar-refractivity contribution is 5.88. The number of H-pyrrole nitrogens is 2. The van der Waals surface area contributed by atoms with Crippen molar-refractivity contribution in [2.24, 2.45) is 23.7 Å². The van der Waals surface area contributed by atoms with Gasteiger partial charge in [-0.3, -0.25) is 19.4 Å². The summed E-state index contributed by atoms with van der Waals surface area (Å²) in [5.74, 6) is 0.547. The van der Waals surface area contributed by atoms with E-state index in [2.05, 4.69) is 39.1 Å². The zero-order valence-corrected chi connectivity index (χ0v) is 45.7. The molecule has 10 atom stereocenters. The number of amides is 4. The summed E-state index contributed by atoms with van der Waals surface area (Å²) >= 11 is 0. The third-order valence-electron chi connectivity index (χ3n) is 20.6. The van der Waals surface area contributed by atoms with Crippen LogP contribution in [0.3, 0.4) is 0 Å². The van der Waals surface area contributed by atoms with E-state index in [1.807, 2.05) is 26.8 Å². The Balaban J connectivity index is 0.835. The van der Waals surface area contributed by atoms with Crippen molar-refractivity contribution in [3.63, 3.8) is 0 Å². The predicted molar refractivity (Wildman–Crippen MR) is 296 cm³/mol. The van der Waals surface area contributed by atoms with Crippen molar-refractivity contribution in [2.45, 2.75) is 183 Å². The molecule has 0 spiro atoms. The number of aromatic amines is 2. The summed E-state index contributed by atoms with van der Waals surface area (Å²) in [6, 6.07) is 12.6. The van der Waals surface area contributed by atoms with Gasteiger partial charge in [-0.1, -0.05) is 50.7 Å². The predicted octanol–water partition coefficient (Wildman–Crippen LogP) is 12.0. The van der Waals surface area contributed by atoms with Gasteiger partial charge >= 0.3 is 12.2 Å². The third kappa shape index (κ3) is 9.14. The second-order valence-electron chi connectivity index (χ2n) is 24.9. The lowest BCUT2D eigenvalue weighted by atomic mass is 9.95. The molecule has 4 aliphatic carbocycles. The number of nitrogens with one attached hydrogen (secondary N) is 2. The van der Waals surface area contributed by atoms with Crippen LogP contribution in [0.25, 0.3) is 22.1 Å². The van der Waals surface area contributed by atoms with Crippen molar-refractivity contribution in [2.75, 3.05) is 37.0 Å². The number of benzene rings is 3. The van der Waals surface area contributed by atoms with Crippen LogP contribution in [0.5, 0.6) is 0 Å². The number of fused-ring (bicyclic) bond motifs is 4. The monoisotopic (exact) mass is 1080 g/mol. The number of rotatable bonds is 12. The van der Waals surface area contributed by atoms with Gasteiger partial charge in [0.15, 0.2) is 11.6 Å². The quantitative estimate of drug-likeness (QED) is 0.0937. The number of carboxylic acid groups (broad SMARTS) is 2. The smallest absolute Gasteiger partial charge is 0.407 e. The van der Waals surface area contributed by atoms with E-state index in [0.717, 1.165) is 155 Å². The van der Waals surface area contributed by atoms with Crippen LogP contribution in [0.15, 0.2) is 48.5 Å². The van der Waals surface area contributed by atoms with E-state index in [9.17, 15) is 29.4 Å². The minimum absolute atomic E-state index is 0.0223. The Morgan fingerprint density at radius 2 is 1.00 bits per heavy atom. The Morgan fingerprint density at radius 3 is 1.43 bits per heavy atom. The molecule has 8 fully saturated rings. The normalized spacial score (nSPS) is 28.1. The molecule has 2 aromatic heterocycles. The molecule has 16 nitrogen and oxygen atoms in total. The van der Waals surface area contributed by atoms with Crippen molar-refractivity contribution in [3.05, 3.63) is 82.9 Å². The maximum absolute atomic E-state index is 16.7. The number of halogens is 2. The molecule has 6 heterocycles. The van der Waals surface area contributed by atoms with E-state index in [1.54, 1.807) is 0 Å². The first-order valence-corrected chi connectivity index (χ1v) is 29.9. The fraction of sp³-hybridized carbons (Fsp3) is 0.607. The van der Waals surface area contributed by atoms with Gasteiger partial charge in [0.05, 0.1) is 46.2 Å².